The second kappa shape index (κ2) is 13.5. The lowest BCUT2D eigenvalue weighted by atomic mass is 9.59. The zero-order valence-electron chi connectivity index (χ0n) is 32.2. The molecule has 11 rings (SSSR count). The molecule has 0 unspecified atom stereocenters. The van der Waals surface area contributed by atoms with Crippen LogP contribution in [0.4, 0.5) is 26.3 Å². The van der Waals surface area contributed by atoms with E-state index in [1.165, 1.54) is 18.2 Å². The number of amides is 2. The van der Waals surface area contributed by atoms with Crippen LogP contribution in [0.1, 0.15) is 100 Å². The number of carbonyl (C=O) groups excluding carboxylic acids is 2. The first-order chi connectivity index (χ1) is 27.3. The number of halogens is 6. The fourth-order valence-electron chi connectivity index (χ4n) is 11.1. The van der Waals surface area contributed by atoms with Crippen molar-refractivity contribution in [3.8, 4) is 0 Å². The second-order valence-electron chi connectivity index (χ2n) is 17.4. The van der Waals surface area contributed by atoms with Crippen LogP contribution in [-0.2, 0) is 38.5 Å². The van der Waals surface area contributed by atoms with E-state index in [4.69, 9.17) is 38.5 Å². The van der Waals surface area contributed by atoms with Crippen molar-refractivity contribution in [2.45, 2.75) is 127 Å². The van der Waals surface area contributed by atoms with Gasteiger partial charge >= 0.3 is 12.4 Å². The highest BCUT2D eigenvalue weighted by Gasteiger charge is 2.72. The van der Waals surface area contributed by atoms with Gasteiger partial charge in [-0.15, -0.1) is 0 Å². The molecule has 0 aromatic carbocycles. The number of hydrogen-bond acceptors (Lipinski definition) is 11. The quantitative estimate of drug-likeness (QED) is 0.235. The van der Waals surface area contributed by atoms with E-state index in [0.29, 0.717) is 38.5 Å². The van der Waals surface area contributed by atoms with Gasteiger partial charge in [-0.2, -0.15) is 26.3 Å². The Kier molecular flexibility index (Phi) is 9.30. The highest BCUT2D eigenvalue weighted by molar-refractivity contribution is 5.96. The van der Waals surface area contributed by atoms with Gasteiger partial charge < -0.3 is 29.6 Å². The highest BCUT2D eigenvalue weighted by atomic mass is 19.4. The Bertz CT molecular complexity index is 1810. The first-order valence-electron chi connectivity index (χ1n) is 19.8. The topological polar surface area (TPSA) is 145 Å². The van der Waals surface area contributed by atoms with Gasteiger partial charge in [0.05, 0.1) is 0 Å². The maximum absolute atomic E-state index is 14.6. The Morgan fingerprint density at radius 1 is 0.672 bits per heavy atom. The van der Waals surface area contributed by atoms with Gasteiger partial charge in [0.2, 0.25) is 35.7 Å². The molecule has 9 heterocycles. The summed E-state index contributed by atoms with van der Waals surface area (Å²) < 4.78 is 111. The van der Waals surface area contributed by atoms with E-state index < -0.39 is 96.0 Å². The molecule has 10 aliphatic rings. The summed E-state index contributed by atoms with van der Waals surface area (Å²) in [5, 5.41) is 5.02. The van der Waals surface area contributed by atoms with Crippen molar-refractivity contribution in [1.29, 1.82) is 0 Å². The molecule has 2 saturated carbocycles. The molecule has 2 spiro atoms. The van der Waals surface area contributed by atoms with E-state index in [-0.39, 0.29) is 59.0 Å². The number of carbonyl (C=O) groups is 2. The smallest absolute Gasteiger partial charge is 0.449 e. The number of fused-ring (bicyclic) bond motifs is 4. The monoisotopic (exact) mass is 829 g/mol. The van der Waals surface area contributed by atoms with Gasteiger partial charge in [0.25, 0.3) is 11.8 Å². The van der Waals surface area contributed by atoms with Gasteiger partial charge in [0.15, 0.2) is 11.2 Å². The number of nitrogens with one attached hydrogen (secondary N) is 2. The van der Waals surface area contributed by atoms with Gasteiger partial charge in [0.1, 0.15) is 11.4 Å². The minimum absolute atomic E-state index is 0.0602. The van der Waals surface area contributed by atoms with E-state index in [1.807, 2.05) is 13.8 Å². The van der Waals surface area contributed by atoms with E-state index >= 15 is 0 Å². The van der Waals surface area contributed by atoms with Crippen LogP contribution in [0.15, 0.2) is 40.9 Å². The van der Waals surface area contributed by atoms with Crippen LogP contribution in [0, 0.1) is 35.5 Å². The SMILES string of the molecule is C[C@@H]1CC[C@H]2C(CNC(=O)c3cccc(C(=O)NCC4=C(C(F)(F)F)O[C@@H]5O[C@]6(C)CC[C@H]7[C@H](C)CC[C@@H]4[C@@]57OO6)n3)=C(C(F)(F)F)O[C@@H]3O[C@@]4(C)CC[C@@H]1[C@]32OO4. The van der Waals surface area contributed by atoms with Crippen LogP contribution in [0.2, 0.25) is 0 Å². The second-order valence-corrected chi connectivity index (χ2v) is 17.4. The zero-order chi connectivity index (χ0) is 41.2. The average molecular weight is 830 g/mol. The number of nitrogens with zero attached hydrogens (tertiary/aromatic N) is 1. The molecule has 1 aromatic heterocycles. The number of pyridine rings is 1. The van der Waals surface area contributed by atoms with Gasteiger partial charge in [-0.1, -0.05) is 19.9 Å². The largest absolute Gasteiger partial charge is 0.456 e. The summed E-state index contributed by atoms with van der Waals surface area (Å²) in [4.78, 5) is 54.5. The molecule has 8 fully saturated rings. The number of allylic oxidation sites excluding steroid dienone is 2. The summed E-state index contributed by atoms with van der Waals surface area (Å²) in [6, 6.07) is 3.85. The lowest BCUT2D eigenvalue weighted by molar-refractivity contribution is -0.557. The van der Waals surface area contributed by atoms with Gasteiger partial charge in [-0.3, -0.25) is 9.59 Å². The third-order valence-corrected chi connectivity index (χ3v) is 13.9. The van der Waals surface area contributed by atoms with Crippen LogP contribution in [0.5, 0.6) is 0 Å². The highest BCUT2D eigenvalue weighted by Crippen LogP contribution is 2.63. The summed E-state index contributed by atoms with van der Waals surface area (Å²) in [6.45, 7) is 6.00. The zero-order valence-corrected chi connectivity index (χ0v) is 32.2. The van der Waals surface area contributed by atoms with Gasteiger partial charge in [-0.05, 0) is 76.3 Å². The Balaban J connectivity index is 0.944. The molecule has 58 heavy (non-hydrogen) atoms. The Morgan fingerprint density at radius 2 is 1.09 bits per heavy atom. The lowest BCUT2D eigenvalue weighted by Crippen LogP contribution is -2.67. The molecule has 2 amide bonds. The number of ether oxygens (including phenoxy) is 4. The summed E-state index contributed by atoms with van der Waals surface area (Å²) in [7, 11) is 0. The summed E-state index contributed by atoms with van der Waals surface area (Å²) >= 11 is 0. The molecule has 1 aromatic rings. The number of aromatic nitrogens is 1. The standard InChI is InChI=1S/C39H45F6N3O10/c1-18-8-10-24-20(28(38(40,41)42)51-32-36(24)22(18)12-14-34(3,53-32)55-57-36)16-46-30(49)26-6-5-7-27(48-26)31(50)47-17-21-25-11-9-19(2)23-13-15-35(4)54-33(37(23,25)58-56-35)52-29(21)39(43,44)45/h5-7,18-19,22-25,32-33H,8-17H2,1-4H3,(H,46,49)(H,47,50)/t18-,19-,22+,23+,24+,25+,32-,33-,34-,35+,36-,37-/m1/s1. The van der Waals surface area contributed by atoms with Crippen molar-refractivity contribution in [2.75, 3.05) is 13.1 Å². The van der Waals surface area contributed by atoms with E-state index in [2.05, 4.69) is 15.6 Å². The van der Waals surface area contributed by atoms with Crippen LogP contribution in [-0.4, -0.2) is 77.6 Å². The molecule has 6 saturated heterocycles. The van der Waals surface area contributed by atoms with Crippen LogP contribution < -0.4 is 10.6 Å². The van der Waals surface area contributed by atoms with Crippen molar-refractivity contribution in [1.82, 2.24) is 15.6 Å². The number of rotatable bonds is 6. The van der Waals surface area contributed by atoms with E-state index in [0.717, 1.165) is 0 Å². The predicted octanol–water partition coefficient (Wildman–Crippen LogP) is 6.67. The fourth-order valence-corrected chi connectivity index (χ4v) is 11.1. The molecule has 2 aliphatic carbocycles. The molecular formula is C39H45F6N3O10. The fraction of sp³-hybridized carbons (Fsp3) is 0.718. The predicted molar refractivity (Wildman–Crippen MR) is 183 cm³/mol. The van der Waals surface area contributed by atoms with Crippen LogP contribution in [0.3, 0.4) is 0 Å². The Morgan fingerprint density at radius 3 is 1.48 bits per heavy atom. The van der Waals surface area contributed by atoms with Crippen LogP contribution in [0.25, 0.3) is 0 Å². The molecule has 12 atom stereocenters. The first-order valence-corrected chi connectivity index (χ1v) is 19.8. The van der Waals surface area contributed by atoms with Crippen molar-refractivity contribution in [3.05, 3.63) is 52.3 Å². The third-order valence-electron chi connectivity index (χ3n) is 13.9. The van der Waals surface area contributed by atoms with Crippen molar-refractivity contribution >= 4 is 11.8 Å². The first kappa shape index (κ1) is 39.9. The van der Waals surface area contributed by atoms with Gasteiger partial charge in [-0.25, -0.2) is 24.5 Å². The van der Waals surface area contributed by atoms with E-state index in [9.17, 15) is 35.9 Å². The lowest BCUT2D eigenvalue weighted by Gasteiger charge is -2.57. The van der Waals surface area contributed by atoms with E-state index in [1.54, 1.807) is 13.8 Å². The van der Waals surface area contributed by atoms with Crippen molar-refractivity contribution < 1.29 is 74.4 Å². The molecule has 19 heteroatoms. The molecule has 13 nitrogen and oxygen atoms in total. The Hall–Kier alpha value is -3.49. The summed E-state index contributed by atoms with van der Waals surface area (Å²) in [5.74, 6) is -9.11. The third kappa shape index (κ3) is 6.15. The van der Waals surface area contributed by atoms with Crippen molar-refractivity contribution in [2.24, 2.45) is 35.5 Å². The van der Waals surface area contributed by atoms with Crippen molar-refractivity contribution in [3.63, 3.8) is 0 Å². The summed E-state index contributed by atoms with van der Waals surface area (Å²) in [5.41, 5.74) is -3.88. The molecule has 8 aliphatic heterocycles. The molecule has 318 valence electrons. The maximum Gasteiger partial charge on any atom is 0.449 e. The summed E-state index contributed by atoms with van der Waals surface area (Å²) in [6.07, 6.45) is -9.02. The molecule has 2 N–H and O–H groups in total. The Labute approximate surface area is 329 Å². The van der Waals surface area contributed by atoms with Gasteiger partial charge in [0, 0.05) is 60.7 Å². The number of hydrogen-bond donors (Lipinski definition) is 2. The molecular weight excluding hydrogens is 784 g/mol. The molecule has 4 bridgehead atoms. The number of alkyl halides is 6. The average Bonchev–Trinajstić information content (AvgIpc) is 3.55. The van der Waals surface area contributed by atoms with Crippen LogP contribution >= 0.6 is 0 Å². The normalized spacial score (nSPS) is 41.7. The molecule has 0 radical (unpaired) electrons. The maximum atomic E-state index is 14.6. The minimum atomic E-state index is -4.94. The minimum Gasteiger partial charge on any atom is -0.456 e.